The highest BCUT2D eigenvalue weighted by Gasteiger charge is 2.46. The molecule has 2 aromatic carbocycles. The number of aromatic nitrogens is 2. The van der Waals surface area contributed by atoms with Crippen molar-refractivity contribution in [1.29, 1.82) is 0 Å². The molecular weight excluding hydrogens is 482 g/mol. The summed E-state index contributed by atoms with van der Waals surface area (Å²) in [6.07, 6.45) is -4.52. The zero-order valence-electron chi connectivity index (χ0n) is 20.5. The van der Waals surface area contributed by atoms with Crippen LogP contribution >= 0.6 is 11.6 Å². The lowest BCUT2D eigenvalue weighted by Crippen LogP contribution is -2.42. The van der Waals surface area contributed by atoms with Crippen LogP contribution in [0.2, 0.25) is 5.02 Å². The molecule has 0 spiro atoms. The van der Waals surface area contributed by atoms with Gasteiger partial charge in [0.05, 0.1) is 29.2 Å². The molecule has 4 nitrogen and oxygen atoms in total. The summed E-state index contributed by atoms with van der Waals surface area (Å²) >= 11 is 5.83. The van der Waals surface area contributed by atoms with Gasteiger partial charge in [-0.1, -0.05) is 58.0 Å². The normalized spacial score (nSPS) is 14.9. The first-order chi connectivity index (χ1) is 16.7. The van der Waals surface area contributed by atoms with Crippen molar-refractivity contribution in [3.05, 3.63) is 77.2 Å². The molecule has 190 valence electrons. The second kappa shape index (κ2) is 12.1. The molecule has 0 saturated heterocycles. The van der Waals surface area contributed by atoms with Gasteiger partial charge in [-0.25, -0.2) is 9.07 Å². The van der Waals surface area contributed by atoms with E-state index in [4.69, 9.17) is 16.3 Å². The predicted octanol–water partition coefficient (Wildman–Crippen LogP) is 7.99. The summed E-state index contributed by atoms with van der Waals surface area (Å²) in [5.74, 6) is 0.0488. The van der Waals surface area contributed by atoms with E-state index in [1.807, 2.05) is 27.7 Å². The van der Waals surface area contributed by atoms with Crippen molar-refractivity contribution in [2.24, 2.45) is 0 Å². The lowest BCUT2D eigenvalue weighted by atomic mass is 10.1. The van der Waals surface area contributed by atoms with Crippen molar-refractivity contribution in [3.8, 4) is 17.0 Å². The van der Waals surface area contributed by atoms with Crippen LogP contribution in [-0.4, -0.2) is 34.5 Å². The Balaban J connectivity index is 0.00000103. The minimum atomic E-state index is -4.52. The van der Waals surface area contributed by atoms with Crippen molar-refractivity contribution in [3.63, 3.8) is 0 Å². The summed E-state index contributed by atoms with van der Waals surface area (Å²) in [6.45, 7) is 11.9. The van der Waals surface area contributed by atoms with Gasteiger partial charge >= 0.3 is 6.18 Å². The molecule has 0 aliphatic carbocycles. The van der Waals surface area contributed by atoms with Crippen LogP contribution in [-0.2, 0) is 6.54 Å². The molecule has 1 aromatic heterocycles. The quantitative estimate of drug-likeness (QED) is 0.332. The van der Waals surface area contributed by atoms with E-state index < -0.39 is 18.0 Å². The standard InChI is InChI=1S/C22H18ClF4N3O.2C2H6/c1-13-20-10-19(15-5-8-18(24)17(23)9-15)28-30(20)21(22(25,26)27)12-29(13)11-14-3-6-16(31-2)7-4-14;2*1-2/h3-10,21H,1,11-12H2,2H3;2*1-2H3. The van der Waals surface area contributed by atoms with Crippen LogP contribution in [0.15, 0.2) is 55.1 Å². The minimum Gasteiger partial charge on any atom is -0.497 e. The van der Waals surface area contributed by atoms with Gasteiger partial charge in [0.25, 0.3) is 0 Å². The Kier molecular flexibility index (Phi) is 9.77. The van der Waals surface area contributed by atoms with Crippen molar-refractivity contribution >= 4 is 17.3 Å². The second-order valence-corrected chi connectivity index (χ2v) is 7.63. The fourth-order valence-corrected chi connectivity index (χ4v) is 3.74. The molecule has 1 unspecified atom stereocenters. The first-order valence-corrected chi connectivity index (χ1v) is 11.7. The van der Waals surface area contributed by atoms with Crippen LogP contribution in [0, 0.1) is 5.82 Å². The smallest absolute Gasteiger partial charge is 0.412 e. The summed E-state index contributed by atoms with van der Waals surface area (Å²) in [5, 5.41) is 4.04. The van der Waals surface area contributed by atoms with E-state index in [0.29, 0.717) is 17.0 Å². The lowest BCUT2D eigenvalue weighted by Gasteiger charge is -2.37. The first-order valence-electron chi connectivity index (χ1n) is 11.4. The molecule has 4 rings (SSSR count). The predicted molar refractivity (Wildman–Crippen MR) is 133 cm³/mol. The Bertz CT molecular complexity index is 1130. The number of fused-ring (bicyclic) bond motifs is 1. The molecule has 0 radical (unpaired) electrons. The zero-order chi connectivity index (χ0) is 26.3. The average Bonchev–Trinajstić information content (AvgIpc) is 3.30. The average molecular weight is 512 g/mol. The first kappa shape index (κ1) is 28.2. The molecule has 0 amide bonds. The fraction of sp³-hybridized carbons (Fsp3) is 0.346. The van der Waals surface area contributed by atoms with Crippen LogP contribution in [0.3, 0.4) is 0 Å². The highest BCUT2D eigenvalue weighted by atomic mass is 35.5. The van der Waals surface area contributed by atoms with Gasteiger partial charge in [-0.05, 0) is 42.0 Å². The molecule has 1 aliphatic rings. The maximum atomic E-state index is 13.9. The SMILES string of the molecule is C=C1c2cc(-c3ccc(F)c(Cl)c3)nn2C(C(F)(F)F)CN1Cc1ccc(OC)cc1.CC.CC. The zero-order valence-corrected chi connectivity index (χ0v) is 21.2. The van der Waals surface area contributed by atoms with Crippen LogP contribution in [0.25, 0.3) is 17.0 Å². The number of hydrogen-bond acceptors (Lipinski definition) is 3. The minimum absolute atomic E-state index is 0.129. The molecule has 0 bridgehead atoms. The molecular formula is C26H30ClF4N3O. The number of methoxy groups -OCH3 is 1. The molecule has 1 atom stereocenters. The Morgan fingerprint density at radius 2 is 1.69 bits per heavy atom. The highest BCUT2D eigenvalue weighted by molar-refractivity contribution is 6.31. The van der Waals surface area contributed by atoms with Crippen molar-refractivity contribution < 1.29 is 22.3 Å². The number of rotatable bonds is 4. The van der Waals surface area contributed by atoms with E-state index in [0.717, 1.165) is 16.3 Å². The highest BCUT2D eigenvalue weighted by Crippen LogP contribution is 2.40. The summed E-state index contributed by atoms with van der Waals surface area (Å²) in [4.78, 5) is 1.58. The molecule has 2 heterocycles. The number of ether oxygens (including phenoxy) is 1. The van der Waals surface area contributed by atoms with E-state index in [-0.39, 0.29) is 29.5 Å². The third-order valence-electron chi connectivity index (χ3n) is 5.23. The molecule has 0 fully saturated rings. The number of alkyl halides is 3. The Hall–Kier alpha value is -3.00. The van der Waals surface area contributed by atoms with Crippen LogP contribution in [0.1, 0.15) is 45.0 Å². The summed E-state index contributed by atoms with van der Waals surface area (Å²) in [5.41, 5.74) is 2.17. The number of hydrogen-bond donors (Lipinski definition) is 0. The molecule has 3 aromatic rings. The van der Waals surface area contributed by atoms with Gasteiger partial charge in [0, 0.05) is 18.7 Å². The Labute approximate surface area is 208 Å². The number of halogens is 5. The van der Waals surface area contributed by atoms with E-state index in [1.54, 1.807) is 36.3 Å². The van der Waals surface area contributed by atoms with E-state index in [1.165, 1.54) is 18.2 Å². The second-order valence-electron chi connectivity index (χ2n) is 7.22. The molecule has 35 heavy (non-hydrogen) atoms. The number of nitrogens with zero attached hydrogens (tertiary/aromatic N) is 3. The molecule has 0 saturated carbocycles. The number of benzene rings is 2. The van der Waals surface area contributed by atoms with Gasteiger partial charge in [-0.2, -0.15) is 18.3 Å². The van der Waals surface area contributed by atoms with Crippen molar-refractivity contribution in [2.45, 2.75) is 46.5 Å². The van der Waals surface area contributed by atoms with Crippen LogP contribution in [0.4, 0.5) is 17.6 Å². The summed E-state index contributed by atoms with van der Waals surface area (Å²) < 4.78 is 61.2. The maximum Gasteiger partial charge on any atom is 0.412 e. The molecule has 1 aliphatic heterocycles. The van der Waals surface area contributed by atoms with Gasteiger partial charge in [-0.3, -0.25) is 0 Å². The van der Waals surface area contributed by atoms with Crippen molar-refractivity contribution in [1.82, 2.24) is 14.7 Å². The van der Waals surface area contributed by atoms with Crippen LogP contribution < -0.4 is 4.74 Å². The summed E-state index contributed by atoms with van der Waals surface area (Å²) in [6, 6.07) is 10.7. The monoisotopic (exact) mass is 511 g/mol. The molecule has 9 heteroatoms. The molecule has 0 N–H and O–H groups in total. The topological polar surface area (TPSA) is 30.3 Å². The van der Waals surface area contributed by atoms with Gasteiger partial charge in [0.2, 0.25) is 0 Å². The Morgan fingerprint density at radius 1 is 1.06 bits per heavy atom. The van der Waals surface area contributed by atoms with E-state index in [9.17, 15) is 17.6 Å². The van der Waals surface area contributed by atoms with E-state index in [2.05, 4.69) is 11.7 Å². The third-order valence-corrected chi connectivity index (χ3v) is 5.52. The lowest BCUT2D eigenvalue weighted by molar-refractivity contribution is -0.175. The van der Waals surface area contributed by atoms with Gasteiger partial charge in [0.1, 0.15) is 11.6 Å². The Morgan fingerprint density at radius 3 is 2.23 bits per heavy atom. The van der Waals surface area contributed by atoms with Crippen molar-refractivity contribution in [2.75, 3.05) is 13.7 Å². The van der Waals surface area contributed by atoms with Gasteiger partial charge in [-0.15, -0.1) is 0 Å². The summed E-state index contributed by atoms with van der Waals surface area (Å²) in [7, 11) is 1.54. The third kappa shape index (κ3) is 6.36. The van der Waals surface area contributed by atoms with E-state index >= 15 is 0 Å². The van der Waals surface area contributed by atoms with Crippen LogP contribution in [0.5, 0.6) is 5.75 Å². The maximum absolute atomic E-state index is 13.9. The fourth-order valence-electron chi connectivity index (χ4n) is 3.56. The largest absolute Gasteiger partial charge is 0.497 e. The van der Waals surface area contributed by atoms with Gasteiger partial charge < -0.3 is 9.64 Å². The van der Waals surface area contributed by atoms with Gasteiger partial charge in [0.15, 0.2) is 6.04 Å².